The Hall–Kier alpha value is -1.38. The van der Waals surface area contributed by atoms with Gasteiger partial charge in [0.15, 0.2) is 0 Å². The van der Waals surface area contributed by atoms with Crippen LogP contribution in [0.2, 0.25) is 10.0 Å². The molecule has 2 rings (SSSR count). The van der Waals surface area contributed by atoms with Crippen LogP contribution in [0, 0.1) is 5.41 Å². The third kappa shape index (κ3) is 5.06. The third-order valence-corrected chi connectivity index (χ3v) is 4.22. The molecule has 1 unspecified atom stereocenters. The largest absolute Gasteiger partial charge is 0.772 e. The molecule has 0 bridgehead atoms. The van der Waals surface area contributed by atoms with Gasteiger partial charge in [0.05, 0.1) is 10.6 Å². The minimum Gasteiger partial charge on any atom is -0.772 e. The highest BCUT2D eigenvalue weighted by molar-refractivity contribution is 7.78. The fraction of sp³-hybridized carbons (Fsp3) is 0.143. The van der Waals surface area contributed by atoms with Crippen LogP contribution in [0.5, 0.6) is 0 Å². The average molecular weight is 410 g/mol. The zero-order valence-corrected chi connectivity index (χ0v) is 15.3. The maximum absolute atomic E-state index is 11.3. The van der Waals surface area contributed by atoms with Crippen molar-refractivity contribution in [1.29, 1.82) is 5.41 Å². The van der Waals surface area contributed by atoms with Gasteiger partial charge in [0, 0.05) is 23.5 Å². The first-order valence-corrected chi connectivity index (χ1v) is 8.35. The number of aromatic nitrogens is 1. The van der Waals surface area contributed by atoms with Crippen molar-refractivity contribution in [3.63, 3.8) is 0 Å². The Morgan fingerprint density at radius 2 is 2.00 bits per heavy atom. The van der Waals surface area contributed by atoms with Crippen LogP contribution < -0.4 is 11.2 Å². The topological polar surface area (TPSA) is 112 Å². The molecule has 0 radical (unpaired) electrons. The van der Waals surface area contributed by atoms with E-state index in [0.717, 1.165) is 5.56 Å². The maximum atomic E-state index is 11.3. The number of primary amides is 1. The molecule has 0 saturated carbocycles. The molecule has 0 aliphatic carbocycles. The van der Waals surface area contributed by atoms with Crippen molar-refractivity contribution in [3.05, 3.63) is 62.7 Å². The van der Waals surface area contributed by atoms with E-state index in [1.165, 1.54) is 16.8 Å². The van der Waals surface area contributed by atoms with Gasteiger partial charge >= 0.3 is 0 Å². The molecule has 1 amide bonds. The van der Waals surface area contributed by atoms with Gasteiger partial charge in [-0.2, -0.15) is 0 Å². The van der Waals surface area contributed by atoms with E-state index in [0.29, 0.717) is 10.6 Å². The summed E-state index contributed by atoms with van der Waals surface area (Å²) in [7, 11) is 0. The molecule has 1 heterocycles. The van der Waals surface area contributed by atoms with E-state index in [-0.39, 0.29) is 40.8 Å². The number of amides is 1. The lowest BCUT2D eigenvalue weighted by Crippen LogP contribution is -2.29. The summed E-state index contributed by atoms with van der Waals surface area (Å²) in [6.07, 6.45) is 1.50. The molecule has 6 nitrogen and oxygen atoms in total. The molecular formula is C14H13Cl3N3O3S-. The number of nitrogens with two attached hydrogens (primary N) is 1. The summed E-state index contributed by atoms with van der Waals surface area (Å²) < 4.78 is 22.9. The molecule has 2 aromatic rings. The molecule has 1 atom stereocenters. The predicted molar refractivity (Wildman–Crippen MR) is 94.2 cm³/mol. The predicted octanol–water partition coefficient (Wildman–Crippen LogP) is 2.22. The second kappa shape index (κ2) is 8.64. The van der Waals surface area contributed by atoms with E-state index >= 15 is 0 Å². The first-order chi connectivity index (χ1) is 10.8. The molecule has 10 heteroatoms. The highest BCUT2D eigenvalue weighted by atomic mass is 35.5. The van der Waals surface area contributed by atoms with Gasteiger partial charge in [-0.05, 0) is 23.3 Å². The van der Waals surface area contributed by atoms with Crippen molar-refractivity contribution in [2.24, 2.45) is 5.73 Å². The number of carbonyl (C=O) groups excluding carboxylic acids is 1. The van der Waals surface area contributed by atoms with Crippen LogP contribution in [0.25, 0.3) is 0 Å². The van der Waals surface area contributed by atoms with Crippen molar-refractivity contribution in [3.8, 4) is 0 Å². The van der Waals surface area contributed by atoms with Crippen LogP contribution in [0.4, 0.5) is 0 Å². The Labute approximate surface area is 156 Å². The van der Waals surface area contributed by atoms with Crippen molar-refractivity contribution in [1.82, 2.24) is 4.57 Å². The number of nitrogens with one attached hydrogen (secondary N) is 1. The zero-order valence-electron chi connectivity index (χ0n) is 12.1. The molecule has 3 N–H and O–H groups in total. The smallest absolute Gasteiger partial charge is 0.252 e. The molecule has 1 aromatic carbocycles. The molecule has 0 saturated heterocycles. The minimum absolute atomic E-state index is 0. The summed E-state index contributed by atoms with van der Waals surface area (Å²) in [4.78, 5) is 11.3. The lowest BCUT2D eigenvalue weighted by molar-refractivity contribution is 0.0997. The SMILES string of the molecule is Cl.N=c1c(C(N)=O)cc(Cl)cn1Cc1ccc(CS(=O)[O-])c(Cl)c1. The summed E-state index contributed by atoms with van der Waals surface area (Å²) in [5.74, 6) is -0.906. The van der Waals surface area contributed by atoms with Gasteiger partial charge in [0.2, 0.25) is 0 Å². The monoisotopic (exact) mass is 408 g/mol. The molecule has 0 aliphatic rings. The fourth-order valence-corrected chi connectivity index (χ4v) is 3.14. The van der Waals surface area contributed by atoms with Gasteiger partial charge < -0.3 is 14.9 Å². The number of benzene rings is 1. The van der Waals surface area contributed by atoms with Crippen LogP contribution in [-0.4, -0.2) is 19.2 Å². The van der Waals surface area contributed by atoms with Gasteiger partial charge in [-0.1, -0.05) is 46.4 Å². The first-order valence-electron chi connectivity index (χ1n) is 6.35. The number of carbonyl (C=O) groups is 1. The summed E-state index contributed by atoms with van der Waals surface area (Å²) >= 11 is 9.78. The molecule has 130 valence electrons. The molecule has 0 aliphatic heterocycles. The fourth-order valence-electron chi connectivity index (χ4n) is 2.05. The quantitative estimate of drug-likeness (QED) is 0.738. The number of rotatable bonds is 5. The molecular weight excluding hydrogens is 397 g/mol. The van der Waals surface area contributed by atoms with Crippen molar-refractivity contribution < 1.29 is 13.6 Å². The summed E-state index contributed by atoms with van der Waals surface area (Å²) in [6.45, 7) is 0.236. The molecule has 1 aromatic heterocycles. The Morgan fingerprint density at radius 3 is 2.54 bits per heavy atom. The lowest BCUT2D eigenvalue weighted by Gasteiger charge is -2.12. The number of hydrogen-bond acceptors (Lipinski definition) is 4. The normalized spacial score (nSPS) is 11.6. The van der Waals surface area contributed by atoms with Gasteiger partial charge in [-0.25, -0.2) is 0 Å². The Morgan fingerprint density at radius 1 is 1.33 bits per heavy atom. The van der Waals surface area contributed by atoms with E-state index in [1.807, 2.05) is 0 Å². The van der Waals surface area contributed by atoms with Crippen molar-refractivity contribution >= 4 is 52.6 Å². The zero-order chi connectivity index (χ0) is 17.1. The number of nitrogens with zero attached hydrogens (tertiary/aromatic N) is 1. The van der Waals surface area contributed by atoms with E-state index < -0.39 is 17.0 Å². The standard InChI is InChI=1S/C14H13Cl2N3O3S.ClH/c15-10-4-11(14(18)20)13(17)19(6-10)5-8-1-2-9(7-23(21)22)12(16)3-8;/h1-4,6,17H,5,7H2,(H2,18,20)(H,21,22);1H/p-1. The summed E-state index contributed by atoms with van der Waals surface area (Å²) in [5, 5.41) is 8.59. The molecule has 0 spiro atoms. The van der Waals surface area contributed by atoms with Crippen LogP contribution in [0.3, 0.4) is 0 Å². The van der Waals surface area contributed by atoms with Crippen LogP contribution >= 0.6 is 35.6 Å². The third-order valence-electron chi connectivity index (χ3n) is 3.11. The Bertz CT molecular complexity index is 855. The summed E-state index contributed by atoms with van der Waals surface area (Å²) in [6, 6.07) is 6.26. The average Bonchev–Trinajstić information content (AvgIpc) is 2.44. The summed E-state index contributed by atoms with van der Waals surface area (Å²) in [5.41, 5.74) is 6.39. The highest BCUT2D eigenvalue weighted by Gasteiger charge is 2.09. The number of hydrogen-bond donors (Lipinski definition) is 2. The van der Waals surface area contributed by atoms with Gasteiger partial charge in [-0.3, -0.25) is 14.4 Å². The van der Waals surface area contributed by atoms with E-state index in [4.69, 9.17) is 34.3 Å². The van der Waals surface area contributed by atoms with Gasteiger partial charge in [0.25, 0.3) is 5.91 Å². The second-order valence-corrected chi connectivity index (χ2v) is 6.53. The second-order valence-electron chi connectivity index (χ2n) is 4.79. The lowest BCUT2D eigenvalue weighted by atomic mass is 10.1. The maximum Gasteiger partial charge on any atom is 0.252 e. The van der Waals surface area contributed by atoms with Crippen molar-refractivity contribution in [2.45, 2.75) is 12.3 Å². The van der Waals surface area contributed by atoms with Crippen molar-refractivity contribution in [2.75, 3.05) is 0 Å². The minimum atomic E-state index is -2.22. The highest BCUT2D eigenvalue weighted by Crippen LogP contribution is 2.20. The van der Waals surface area contributed by atoms with Crippen LogP contribution in [0.15, 0.2) is 30.5 Å². The number of halogens is 3. The number of pyridine rings is 1. The van der Waals surface area contributed by atoms with E-state index in [2.05, 4.69) is 0 Å². The van der Waals surface area contributed by atoms with Gasteiger partial charge in [-0.15, -0.1) is 12.4 Å². The van der Waals surface area contributed by atoms with E-state index in [1.54, 1.807) is 18.2 Å². The van der Waals surface area contributed by atoms with Gasteiger partial charge in [0.1, 0.15) is 5.49 Å². The Balaban J connectivity index is 0.00000288. The van der Waals surface area contributed by atoms with Crippen LogP contribution in [-0.2, 0) is 23.4 Å². The first kappa shape index (κ1) is 20.7. The molecule has 24 heavy (non-hydrogen) atoms. The molecule has 0 fully saturated rings. The van der Waals surface area contributed by atoms with Crippen LogP contribution in [0.1, 0.15) is 21.5 Å². The Kier molecular flexibility index (Phi) is 7.44. The van der Waals surface area contributed by atoms with E-state index in [9.17, 15) is 13.6 Å².